The number of halogens is 1. The van der Waals surface area contributed by atoms with Gasteiger partial charge in [-0.25, -0.2) is 0 Å². The number of nitrogens with one attached hydrogen (secondary N) is 2. The third kappa shape index (κ3) is 4.10. The molecule has 0 bridgehead atoms. The maximum absolute atomic E-state index is 12.0. The fourth-order valence-electron chi connectivity index (χ4n) is 1.75. The normalized spacial score (nSPS) is 10.1. The first-order valence-electron chi connectivity index (χ1n) is 6.60. The summed E-state index contributed by atoms with van der Waals surface area (Å²) in [5.41, 5.74) is 2.50. The molecule has 0 radical (unpaired) electrons. The molecule has 0 spiro atoms. The highest BCUT2D eigenvalue weighted by Crippen LogP contribution is 2.16. The van der Waals surface area contributed by atoms with Crippen LogP contribution >= 0.6 is 15.9 Å². The van der Waals surface area contributed by atoms with Gasteiger partial charge in [-0.15, -0.1) is 0 Å². The lowest BCUT2D eigenvalue weighted by Crippen LogP contribution is -2.11. The standard InChI is InChI=1S/C16H17BrN2O/c1-2-11-18-14-7-9-15(10-8-14)19-16(20)12-3-5-13(17)6-4-12/h3-10,18H,2,11H2,1H3,(H,19,20). The fourth-order valence-corrected chi connectivity index (χ4v) is 2.01. The minimum Gasteiger partial charge on any atom is -0.385 e. The van der Waals surface area contributed by atoms with Crippen LogP contribution in [0.4, 0.5) is 11.4 Å². The molecular formula is C16H17BrN2O. The Labute approximate surface area is 127 Å². The van der Waals surface area contributed by atoms with E-state index in [0.717, 1.165) is 28.8 Å². The minimum absolute atomic E-state index is 0.105. The van der Waals surface area contributed by atoms with Crippen LogP contribution in [0.1, 0.15) is 23.7 Å². The second-order valence-electron chi connectivity index (χ2n) is 4.47. The second-order valence-corrected chi connectivity index (χ2v) is 5.38. The molecule has 3 nitrogen and oxygen atoms in total. The van der Waals surface area contributed by atoms with Crippen LogP contribution in [0.2, 0.25) is 0 Å². The Balaban J connectivity index is 1.99. The molecule has 0 saturated carbocycles. The molecule has 0 aliphatic heterocycles. The summed E-state index contributed by atoms with van der Waals surface area (Å²) in [6.07, 6.45) is 1.09. The second kappa shape index (κ2) is 7.10. The third-order valence-corrected chi connectivity index (χ3v) is 3.36. The Morgan fingerprint density at radius 1 is 1.00 bits per heavy atom. The van der Waals surface area contributed by atoms with Gasteiger partial charge in [0.1, 0.15) is 0 Å². The molecule has 0 aliphatic carbocycles. The summed E-state index contributed by atoms with van der Waals surface area (Å²) < 4.78 is 0.959. The van der Waals surface area contributed by atoms with Crippen LogP contribution in [0.5, 0.6) is 0 Å². The van der Waals surface area contributed by atoms with Crippen molar-refractivity contribution in [2.45, 2.75) is 13.3 Å². The first-order valence-corrected chi connectivity index (χ1v) is 7.39. The van der Waals surface area contributed by atoms with E-state index in [0.29, 0.717) is 5.56 Å². The van der Waals surface area contributed by atoms with Gasteiger partial charge < -0.3 is 10.6 Å². The topological polar surface area (TPSA) is 41.1 Å². The zero-order chi connectivity index (χ0) is 14.4. The van der Waals surface area contributed by atoms with E-state index in [-0.39, 0.29) is 5.91 Å². The zero-order valence-electron chi connectivity index (χ0n) is 11.3. The first-order chi connectivity index (χ1) is 9.69. The van der Waals surface area contributed by atoms with Crippen LogP contribution in [0.25, 0.3) is 0 Å². The van der Waals surface area contributed by atoms with Gasteiger partial charge in [0, 0.05) is 28.0 Å². The monoisotopic (exact) mass is 332 g/mol. The number of carbonyl (C=O) groups is 1. The van der Waals surface area contributed by atoms with Gasteiger partial charge in [0.2, 0.25) is 0 Å². The fraction of sp³-hybridized carbons (Fsp3) is 0.188. The van der Waals surface area contributed by atoms with Gasteiger partial charge in [-0.1, -0.05) is 22.9 Å². The smallest absolute Gasteiger partial charge is 0.255 e. The van der Waals surface area contributed by atoms with Crippen LogP contribution in [0.15, 0.2) is 53.0 Å². The molecule has 0 heterocycles. The van der Waals surface area contributed by atoms with Crippen LogP contribution in [-0.4, -0.2) is 12.5 Å². The summed E-state index contributed by atoms with van der Waals surface area (Å²) in [5.74, 6) is -0.105. The molecule has 1 amide bonds. The maximum atomic E-state index is 12.0. The number of hydrogen-bond donors (Lipinski definition) is 2. The molecule has 2 aromatic carbocycles. The lowest BCUT2D eigenvalue weighted by Gasteiger charge is -2.08. The summed E-state index contributed by atoms with van der Waals surface area (Å²) in [6.45, 7) is 3.07. The highest BCUT2D eigenvalue weighted by Gasteiger charge is 2.05. The average Bonchev–Trinajstić information content (AvgIpc) is 2.47. The predicted octanol–water partition coefficient (Wildman–Crippen LogP) is 4.52. The van der Waals surface area contributed by atoms with E-state index in [1.807, 2.05) is 36.4 Å². The number of rotatable bonds is 5. The number of benzene rings is 2. The Hall–Kier alpha value is -1.81. The summed E-state index contributed by atoms with van der Waals surface area (Å²) in [7, 11) is 0. The summed E-state index contributed by atoms with van der Waals surface area (Å²) in [6, 6.07) is 15.0. The van der Waals surface area contributed by atoms with Crippen molar-refractivity contribution in [1.29, 1.82) is 0 Å². The number of anilines is 2. The molecule has 0 fully saturated rings. The van der Waals surface area contributed by atoms with Crippen molar-refractivity contribution in [1.82, 2.24) is 0 Å². The molecule has 20 heavy (non-hydrogen) atoms. The highest BCUT2D eigenvalue weighted by atomic mass is 79.9. The first kappa shape index (κ1) is 14.6. The van der Waals surface area contributed by atoms with Crippen molar-refractivity contribution in [3.8, 4) is 0 Å². The summed E-state index contributed by atoms with van der Waals surface area (Å²) in [4.78, 5) is 12.0. The van der Waals surface area contributed by atoms with E-state index in [1.54, 1.807) is 12.1 Å². The van der Waals surface area contributed by atoms with Crippen LogP contribution in [0, 0.1) is 0 Å². The quantitative estimate of drug-likeness (QED) is 0.844. The SMILES string of the molecule is CCCNc1ccc(NC(=O)c2ccc(Br)cc2)cc1. The molecule has 0 aliphatic rings. The van der Waals surface area contributed by atoms with E-state index in [4.69, 9.17) is 0 Å². The largest absolute Gasteiger partial charge is 0.385 e. The van der Waals surface area contributed by atoms with Crippen molar-refractivity contribution < 1.29 is 4.79 Å². The zero-order valence-corrected chi connectivity index (χ0v) is 12.9. The van der Waals surface area contributed by atoms with Crippen LogP contribution in [0.3, 0.4) is 0 Å². The highest BCUT2D eigenvalue weighted by molar-refractivity contribution is 9.10. The molecule has 2 N–H and O–H groups in total. The van der Waals surface area contributed by atoms with Gasteiger partial charge in [0.05, 0.1) is 0 Å². The molecule has 0 aromatic heterocycles. The van der Waals surface area contributed by atoms with Gasteiger partial charge in [-0.05, 0) is 55.0 Å². The van der Waals surface area contributed by atoms with E-state index >= 15 is 0 Å². The lowest BCUT2D eigenvalue weighted by molar-refractivity contribution is 0.102. The number of amides is 1. The lowest BCUT2D eigenvalue weighted by atomic mass is 10.2. The van der Waals surface area contributed by atoms with E-state index in [1.165, 1.54) is 0 Å². The van der Waals surface area contributed by atoms with Gasteiger partial charge >= 0.3 is 0 Å². The van der Waals surface area contributed by atoms with Crippen LogP contribution in [-0.2, 0) is 0 Å². The van der Waals surface area contributed by atoms with Gasteiger partial charge in [0.25, 0.3) is 5.91 Å². The minimum atomic E-state index is -0.105. The van der Waals surface area contributed by atoms with E-state index in [9.17, 15) is 4.79 Å². The van der Waals surface area contributed by atoms with Crippen molar-refractivity contribution in [3.05, 3.63) is 58.6 Å². The van der Waals surface area contributed by atoms with E-state index < -0.39 is 0 Å². The predicted molar refractivity (Wildman–Crippen MR) is 87.3 cm³/mol. The molecule has 104 valence electrons. The molecule has 4 heteroatoms. The molecule has 2 rings (SSSR count). The van der Waals surface area contributed by atoms with Crippen molar-refractivity contribution >= 4 is 33.2 Å². The molecule has 0 saturated heterocycles. The van der Waals surface area contributed by atoms with Crippen LogP contribution < -0.4 is 10.6 Å². The van der Waals surface area contributed by atoms with Gasteiger partial charge in [-0.2, -0.15) is 0 Å². The maximum Gasteiger partial charge on any atom is 0.255 e. The van der Waals surface area contributed by atoms with Crippen molar-refractivity contribution in [2.24, 2.45) is 0 Å². The Morgan fingerprint density at radius 2 is 1.60 bits per heavy atom. The molecular weight excluding hydrogens is 316 g/mol. The molecule has 2 aromatic rings. The van der Waals surface area contributed by atoms with Gasteiger partial charge in [-0.3, -0.25) is 4.79 Å². The van der Waals surface area contributed by atoms with E-state index in [2.05, 4.69) is 33.5 Å². The van der Waals surface area contributed by atoms with Crippen molar-refractivity contribution in [2.75, 3.05) is 17.2 Å². The number of carbonyl (C=O) groups excluding carboxylic acids is 1. The molecule has 0 atom stereocenters. The average molecular weight is 333 g/mol. The van der Waals surface area contributed by atoms with Gasteiger partial charge in [0.15, 0.2) is 0 Å². The number of hydrogen-bond acceptors (Lipinski definition) is 2. The Morgan fingerprint density at radius 3 is 2.20 bits per heavy atom. The van der Waals surface area contributed by atoms with Crippen molar-refractivity contribution in [3.63, 3.8) is 0 Å². The third-order valence-electron chi connectivity index (χ3n) is 2.83. The Bertz CT molecular complexity index is 564. The summed E-state index contributed by atoms with van der Waals surface area (Å²) >= 11 is 3.35. The Kier molecular flexibility index (Phi) is 5.18. The molecule has 0 unspecified atom stereocenters. The summed E-state index contributed by atoms with van der Waals surface area (Å²) in [5, 5.41) is 6.17.